The number of benzene rings is 1. The Kier molecular flexibility index (Phi) is 4.30. The third kappa shape index (κ3) is 2.38. The average molecular weight is 411 g/mol. The molecule has 6 aliphatic rings. The molecule has 4 saturated carbocycles. The Morgan fingerprint density at radius 1 is 0.464 bits per heavy atom. The Labute approximate surface area is 174 Å². The highest BCUT2D eigenvalue weighted by atomic mass is 31.1. The average Bonchev–Trinajstić information content (AvgIpc) is 3.48. The zero-order valence-electron chi connectivity index (χ0n) is 17.3. The zero-order chi connectivity index (χ0) is 18.2. The standard InChI is InChI=1S/C26H36P2/c1-2-12-26(28-23-15-5-9-19(23)20-10-6-16-24(20)28)25(11-1)27-21-13-3-7-17(21)18-8-4-14-22(18)27/h1-2,11-12,17-24H,3-10,13-16H2/t17-,18?,19+,20?,21?,22-,23?,24-,27?,28?/m0/s1. The minimum absolute atomic E-state index is 0.122. The van der Waals surface area contributed by atoms with Crippen LogP contribution in [-0.2, 0) is 0 Å². The molecule has 0 bridgehead atoms. The lowest BCUT2D eigenvalue weighted by Gasteiger charge is -2.32. The number of rotatable bonds is 2. The second-order valence-corrected chi connectivity index (χ2v) is 16.2. The van der Waals surface area contributed by atoms with Crippen LogP contribution in [0.25, 0.3) is 0 Å². The molecule has 4 aliphatic carbocycles. The molecule has 0 amide bonds. The summed E-state index contributed by atoms with van der Waals surface area (Å²) in [5.74, 6) is 4.51. The molecule has 2 heterocycles. The van der Waals surface area contributed by atoms with Gasteiger partial charge in [0.2, 0.25) is 0 Å². The van der Waals surface area contributed by atoms with Crippen molar-refractivity contribution in [2.24, 2.45) is 23.7 Å². The van der Waals surface area contributed by atoms with E-state index in [9.17, 15) is 0 Å². The van der Waals surface area contributed by atoms with Crippen LogP contribution in [0.5, 0.6) is 0 Å². The van der Waals surface area contributed by atoms with E-state index in [-0.39, 0.29) is 15.8 Å². The highest BCUT2D eigenvalue weighted by molar-refractivity contribution is 7.73. The van der Waals surface area contributed by atoms with E-state index < -0.39 is 0 Å². The molecular weight excluding hydrogens is 374 g/mol. The van der Waals surface area contributed by atoms with E-state index in [0.29, 0.717) is 0 Å². The fourth-order valence-electron chi connectivity index (χ4n) is 9.36. The summed E-state index contributed by atoms with van der Waals surface area (Å²) in [7, 11) is 0.245. The molecule has 2 aliphatic heterocycles. The Morgan fingerprint density at radius 3 is 1.11 bits per heavy atom. The molecule has 1 aromatic carbocycles. The lowest BCUT2D eigenvalue weighted by Crippen LogP contribution is -2.30. The fraction of sp³-hybridized carbons (Fsp3) is 0.769. The van der Waals surface area contributed by atoms with Crippen molar-refractivity contribution < 1.29 is 0 Å². The van der Waals surface area contributed by atoms with Gasteiger partial charge in [0.1, 0.15) is 0 Å². The Bertz CT molecular complexity index is 656. The van der Waals surface area contributed by atoms with Gasteiger partial charge in [0.25, 0.3) is 0 Å². The summed E-state index contributed by atoms with van der Waals surface area (Å²) in [5, 5.41) is 3.93. The van der Waals surface area contributed by atoms with Crippen LogP contribution in [0.3, 0.4) is 0 Å². The van der Waals surface area contributed by atoms with Crippen molar-refractivity contribution in [3.8, 4) is 0 Å². The van der Waals surface area contributed by atoms with Gasteiger partial charge in [-0.15, -0.1) is 0 Å². The molecule has 6 unspecified atom stereocenters. The maximum Gasteiger partial charge on any atom is -0.0135 e. The largest absolute Gasteiger partial charge is 0.0677 e. The van der Waals surface area contributed by atoms with E-state index in [2.05, 4.69) is 24.3 Å². The van der Waals surface area contributed by atoms with Crippen LogP contribution >= 0.6 is 15.8 Å². The minimum atomic E-state index is 0.122. The normalized spacial score (nSPS) is 51.3. The smallest absolute Gasteiger partial charge is 0.0135 e. The molecule has 7 rings (SSSR count). The maximum absolute atomic E-state index is 2.67. The van der Waals surface area contributed by atoms with Crippen molar-refractivity contribution in [3.63, 3.8) is 0 Å². The van der Waals surface area contributed by atoms with Gasteiger partial charge in [0.05, 0.1) is 0 Å². The van der Waals surface area contributed by atoms with Gasteiger partial charge >= 0.3 is 0 Å². The molecule has 2 heteroatoms. The van der Waals surface area contributed by atoms with E-state index in [1.165, 1.54) is 0 Å². The van der Waals surface area contributed by atoms with E-state index >= 15 is 0 Å². The summed E-state index contributed by atoms with van der Waals surface area (Å²) < 4.78 is 0. The molecule has 0 N–H and O–H groups in total. The Morgan fingerprint density at radius 2 is 0.786 bits per heavy atom. The second-order valence-electron chi connectivity index (χ2n) is 11.0. The van der Waals surface area contributed by atoms with Gasteiger partial charge < -0.3 is 0 Å². The predicted octanol–water partition coefficient (Wildman–Crippen LogP) is 6.60. The number of hydrogen-bond acceptors (Lipinski definition) is 0. The highest BCUT2D eigenvalue weighted by Gasteiger charge is 2.57. The lowest BCUT2D eigenvalue weighted by atomic mass is 9.90. The van der Waals surface area contributed by atoms with Crippen LogP contribution in [0.15, 0.2) is 24.3 Å². The molecule has 150 valence electrons. The van der Waals surface area contributed by atoms with Crippen molar-refractivity contribution in [2.75, 3.05) is 0 Å². The topological polar surface area (TPSA) is 0 Å². The number of fused-ring (bicyclic) bond motifs is 6. The molecule has 1 aromatic rings. The van der Waals surface area contributed by atoms with Crippen molar-refractivity contribution in [1.82, 2.24) is 0 Å². The number of hydrogen-bond donors (Lipinski definition) is 0. The first kappa shape index (κ1) is 17.7. The van der Waals surface area contributed by atoms with Crippen LogP contribution < -0.4 is 10.6 Å². The third-order valence-corrected chi connectivity index (χ3v) is 17.6. The van der Waals surface area contributed by atoms with Gasteiger partial charge in [-0.25, -0.2) is 0 Å². The SMILES string of the molecule is c1ccc(P2C3CCC[C@H]3C3CCC[C@@H]32)c(P2C3CCC[C@@H]3C3CCC[C@@H]32)c1. The quantitative estimate of drug-likeness (QED) is 0.482. The molecule has 6 fully saturated rings. The summed E-state index contributed by atoms with van der Waals surface area (Å²) in [5.41, 5.74) is 4.45. The van der Waals surface area contributed by atoms with E-state index in [1.807, 2.05) is 10.6 Å². The van der Waals surface area contributed by atoms with Gasteiger partial charge in [-0.2, -0.15) is 0 Å². The van der Waals surface area contributed by atoms with Gasteiger partial charge in [-0.3, -0.25) is 0 Å². The molecule has 2 saturated heterocycles. The molecule has 0 radical (unpaired) electrons. The maximum atomic E-state index is 2.67. The van der Waals surface area contributed by atoms with Crippen molar-refractivity contribution in [3.05, 3.63) is 24.3 Å². The Hall–Kier alpha value is 0.0800. The van der Waals surface area contributed by atoms with E-state index in [1.54, 1.807) is 77.0 Å². The fourth-order valence-corrected chi connectivity index (χ4v) is 18.6. The summed E-state index contributed by atoms with van der Waals surface area (Å²) in [6.07, 6.45) is 18.8. The summed E-state index contributed by atoms with van der Waals surface area (Å²) in [6, 6.07) is 10.2. The van der Waals surface area contributed by atoms with Gasteiger partial charge in [-0.1, -0.05) is 65.8 Å². The zero-order valence-corrected chi connectivity index (χ0v) is 19.1. The predicted molar refractivity (Wildman–Crippen MR) is 124 cm³/mol. The van der Waals surface area contributed by atoms with Gasteiger partial charge in [0, 0.05) is 0 Å². The van der Waals surface area contributed by atoms with Crippen LogP contribution in [-0.4, -0.2) is 22.6 Å². The van der Waals surface area contributed by atoms with E-state index in [4.69, 9.17) is 0 Å². The molecule has 0 nitrogen and oxygen atoms in total. The van der Waals surface area contributed by atoms with Crippen molar-refractivity contribution in [2.45, 2.75) is 99.7 Å². The monoisotopic (exact) mass is 410 g/mol. The van der Waals surface area contributed by atoms with E-state index in [0.717, 1.165) is 46.3 Å². The first-order chi connectivity index (χ1) is 13.9. The molecular formula is C26H36P2. The summed E-state index contributed by atoms with van der Waals surface area (Å²) in [4.78, 5) is 0. The summed E-state index contributed by atoms with van der Waals surface area (Å²) >= 11 is 0. The van der Waals surface area contributed by atoms with Crippen LogP contribution in [0, 0.1) is 23.7 Å². The van der Waals surface area contributed by atoms with Gasteiger partial charge in [-0.05, 0) is 108 Å². The first-order valence-electron chi connectivity index (χ1n) is 12.6. The van der Waals surface area contributed by atoms with Crippen molar-refractivity contribution in [1.29, 1.82) is 0 Å². The molecule has 0 aromatic heterocycles. The Balaban J connectivity index is 1.32. The molecule has 0 spiro atoms. The summed E-state index contributed by atoms with van der Waals surface area (Å²) in [6.45, 7) is 0. The lowest BCUT2D eigenvalue weighted by molar-refractivity contribution is 0.384. The molecule has 10 atom stereocenters. The third-order valence-electron chi connectivity index (χ3n) is 10.1. The second kappa shape index (κ2) is 6.79. The van der Waals surface area contributed by atoms with Crippen LogP contribution in [0.2, 0.25) is 0 Å². The van der Waals surface area contributed by atoms with Crippen molar-refractivity contribution >= 4 is 26.5 Å². The van der Waals surface area contributed by atoms with Crippen LogP contribution in [0.4, 0.5) is 0 Å². The van der Waals surface area contributed by atoms with Crippen LogP contribution in [0.1, 0.15) is 77.0 Å². The minimum Gasteiger partial charge on any atom is -0.0677 e. The first-order valence-corrected chi connectivity index (χ1v) is 15.5. The molecule has 28 heavy (non-hydrogen) atoms. The van der Waals surface area contributed by atoms with Gasteiger partial charge in [0.15, 0.2) is 0 Å². The highest BCUT2D eigenvalue weighted by Crippen LogP contribution is 2.72.